The summed E-state index contributed by atoms with van der Waals surface area (Å²) in [7, 11) is 0. The maximum absolute atomic E-state index is 12.2. The van der Waals surface area contributed by atoms with Gasteiger partial charge in [-0.15, -0.1) is 0 Å². The fraction of sp³-hybridized carbons (Fsp3) is 0. The van der Waals surface area contributed by atoms with Gasteiger partial charge in [0, 0.05) is 0 Å². The van der Waals surface area contributed by atoms with Crippen LogP contribution >= 0.6 is 11.6 Å². The van der Waals surface area contributed by atoms with Gasteiger partial charge in [0.15, 0.2) is 11.5 Å². The predicted octanol–water partition coefficient (Wildman–Crippen LogP) is 4.37. The van der Waals surface area contributed by atoms with Crippen LogP contribution in [0.1, 0.15) is 20.9 Å². The summed E-state index contributed by atoms with van der Waals surface area (Å²) in [5.41, 5.74) is 0.214. The van der Waals surface area contributed by atoms with Gasteiger partial charge < -0.3 is 13.9 Å². The van der Waals surface area contributed by atoms with Crippen molar-refractivity contribution in [2.75, 3.05) is 0 Å². The van der Waals surface area contributed by atoms with Crippen molar-refractivity contribution < 1.29 is 23.5 Å². The third kappa shape index (κ3) is 3.47. The number of ether oxygens (including phenoxy) is 2. The largest absolute Gasteiger partial charge is 0.457 e. The van der Waals surface area contributed by atoms with Crippen molar-refractivity contribution in [1.82, 2.24) is 0 Å². The van der Waals surface area contributed by atoms with Crippen molar-refractivity contribution in [3.8, 4) is 11.5 Å². The highest BCUT2D eigenvalue weighted by Gasteiger charge is 2.18. The van der Waals surface area contributed by atoms with Crippen molar-refractivity contribution in [2.45, 2.75) is 0 Å². The fourth-order valence-corrected chi connectivity index (χ4v) is 2.16. The number of rotatable bonds is 4. The summed E-state index contributed by atoms with van der Waals surface area (Å²) in [5, 5.41) is 0.271. The first-order valence-corrected chi connectivity index (χ1v) is 7.34. The summed E-state index contributed by atoms with van der Waals surface area (Å²) in [6.45, 7) is 0. The van der Waals surface area contributed by atoms with Gasteiger partial charge in [-0.1, -0.05) is 35.9 Å². The molecule has 3 rings (SSSR count). The number of carbonyl (C=O) groups excluding carboxylic acids is 2. The lowest BCUT2D eigenvalue weighted by molar-refractivity contribution is 0.0663. The molecule has 24 heavy (non-hydrogen) atoms. The molecule has 0 spiro atoms. The average Bonchev–Trinajstić information content (AvgIpc) is 3.11. The van der Waals surface area contributed by atoms with Crippen molar-refractivity contribution >= 4 is 23.5 Å². The molecule has 1 heterocycles. The molecule has 6 heteroatoms. The van der Waals surface area contributed by atoms with E-state index in [1.807, 2.05) is 0 Å². The van der Waals surface area contributed by atoms with Crippen LogP contribution < -0.4 is 9.47 Å². The van der Waals surface area contributed by atoms with Crippen LogP contribution in [0.4, 0.5) is 0 Å². The highest BCUT2D eigenvalue weighted by Crippen LogP contribution is 2.29. The van der Waals surface area contributed by atoms with Crippen molar-refractivity contribution in [3.05, 3.63) is 83.3 Å². The van der Waals surface area contributed by atoms with Crippen LogP contribution in [-0.4, -0.2) is 11.9 Å². The molecule has 2 aromatic carbocycles. The Balaban J connectivity index is 1.81. The minimum absolute atomic E-state index is 0.0437. The van der Waals surface area contributed by atoms with E-state index in [-0.39, 0.29) is 27.8 Å². The first-order chi connectivity index (χ1) is 11.6. The smallest absolute Gasteiger partial charge is 0.379 e. The molecule has 0 unspecified atom stereocenters. The molecule has 5 nitrogen and oxygen atoms in total. The summed E-state index contributed by atoms with van der Waals surface area (Å²) in [5.74, 6) is -1.10. The van der Waals surface area contributed by atoms with Crippen LogP contribution in [0.2, 0.25) is 5.02 Å². The number of furan rings is 1. The van der Waals surface area contributed by atoms with Gasteiger partial charge in [0.1, 0.15) is 0 Å². The number of hydrogen-bond donors (Lipinski definition) is 0. The van der Waals surface area contributed by atoms with Crippen LogP contribution in [0.15, 0.2) is 71.3 Å². The van der Waals surface area contributed by atoms with E-state index in [1.165, 1.54) is 24.5 Å². The van der Waals surface area contributed by atoms with E-state index < -0.39 is 11.9 Å². The van der Waals surface area contributed by atoms with Gasteiger partial charge in [-0.05, 0) is 36.4 Å². The average molecular weight is 343 g/mol. The third-order valence-corrected chi connectivity index (χ3v) is 3.40. The lowest BCUT2D eigenvalue weighted by Gasteiger charge is -2.10. The third-order valence-electron chi connectivity index (χ3n) is 3.07. The molecule has 3 aromatic rings. The van der Waals surface area contributed by atoms with Gasteiger partial charge in [0.2, 0.25) is 5.76 Å². The zero-order chi connectivity index (χ0) is 16.9. The number of halogens is 1. The van der Waals surface area contributed by atoms with Crippen molar-refractivity contribution in [3.63, 3.8) is 0 Å². The Bertz CT molecular complexity index is 871. The molecule has 0 radical (unpaired) electrons. The van der Waals surface area contributed by atoms with Crippen LogP contribution in [0.5, 0.6) is 11.5 Å². The second-order valence-electron chi connectivity index (χ2n) is 4.68. The fourth-order valence-electron chi connectivity index (χ4n) is 1.95. The standard InChI is InChI=1S/C18H11ClO5/c19-13-7-2-1-6-12(13)17(20)23-14-8-3-4-9-15(14)24-18(21)16-10-5-11-22-16/h1-11H. The SMILES string of the molecule is O=C(Oc1ccccc1OC(=O)c1ccccc1Cl)c1ccco1. The van der Waals surface area contributed by atoms with Crippen LogP contribution in [0.25, 0.3) is 0 Å². The highest BCUT2D eigenvalue weighted by atomic mass is 35.5. The maximum atomic E-state index is 12.2. The second kappa shape index (κ2) is 7.02. The summed E-state index contributed by atoms with van der Waals surface area (Å²) in [4.78, 5) is 24.2. The summed E-state index contributed by atoms with van der Waals surface area (Å²) in [6.07, 6.45) is 1.36. The molecule has 1 aromatic heterocycles. The molecule has 0 atom stereocenters. The molecule has 0 aliphatic rings. The Kier molecular flexibility index (Phi) is 4.63. The van der Waals surface area contributed by atoms with Crippen LogP contribution in [0.3, 0.4) is 0 Å². The molecule has 0 saturated heterocycles. The Morgan fingerprint density at radius 1 is 0.792 bits per heavy atom. The van der Waals surface area contributed by atoms with Gasteiger partial charge in [0.25, 0.3) is 0 Å². The molecule has 0 amide bonds. The molecule has 0 bridgehead atoms. The first kappa shape index (κ1) is 15.8. The Morgan fingerprint density at radius 2 is 1.42 bits per heavy atom. The molecular formula is C18H11ClO5. The molecule has 0 N–H and O–H groups in total. The summed E-state index contributed by atoms with van der Waals surface area (Å²) >= 11 is 5.98. The molecular weight excluding hydrogens is 332 g/mol. The number of benzene rings is 2. The number of para-hydroxylation sites is 2. The van der Waals surface area contributed by atoms with Crippen molar-refractivity contribution in [2.24, 2.45) is 0 Å². The van der Waals surface area contributed by atoms with Gasteiger partial charge in [0.05, 0.1) is 16.8 Å². The monoisotopic (exact) mass is 342 g/mol. The van der Waals surface area contributed by atoms with Crippen LogP contribution in [0, 0.1) is 0 Å². The van der Waals surface area contributed by atoms with Gasteiger partial charge in [-0.3, -0.25) is 0 Å². The quantitative estimate of drug-likeness (QED) is 0.520. The molecule has 0 aliphatic heterocycles. The molecule has 0 fully saturated rings. The van der Waals surface area contributed by atoms with E-state index in [0.717, 1.165) is 0 Å². The summed E-state index contributed by atoms with van der Waals surface area (Å²) < 4.78 is 15.5. The molecule has 0 aliphatic carbocycles. The van der Waals surface area contributed by atoms with E-state index >= 15 is 0 Å². The summed E-state index contributed by atoms with van der Waals surface area (Å²) in [6, 6.07) is 15.9. The zero-order valence-corrected chi connectivity index (χ0v) is 13.0. The van der Waals surface area contributed by atoms with Gasteiger partial charge in [-0.25, -0.2) is 9.59 Å². The van der Waals surface area contributed by atoms with Gasteiger partial charge >= 0.3 is 11.9 Å². The lowest BCUT2D eigenvalue weighted by atomic mass is 10.2. The Hall–Kier alpha value is -3.05. The first-order valence-electron chi connectivity index (χ1n) is 6.96. The van der Waals surface area contributed by atoms with E-state index in [4.69, 9.17) is 25.5 Å². The molecule has 120 valence electrons. The number of hydrogen-bond acceptors (Lipinski definition) is 5. The van der Waals surface area contributed by atoms with E-state index in [0.29, 0.717) is 0 Å². The second-order valence-corrected chi connectivity index (χ2v) is 5.09. The van der Waals surface area contributed by atoms with E-state index in [2.05, 4.69) is 0 Å². The molecule has 0 saturated carbocycles. The van der Waals surface area contributed by atoms with Crippen molar-refractivity contribution in [1.29, 1.82) is 0 Å². The van der Waals surface area contributed by atoms with Crippen LogP contribution in [-0.2, 0) is 0 Å². The van der Waals surface area contributed by atoms with E-state index in [9.17, 15) is 9.59 Å². The highest BCUT2D eigenvalue weighted by molar-refractivity contribution is 6.33. The van der Waals surface area contributed by atoms with E-state index in [1.54, 1.807) is 42.5 Å². The minimum Gasteiger partial charge on any atom is -0.457 e. The predicted molar refractivity (Wildman–Crippen MR) is 86.5 cm³/mol. The maximum Gasteiger partial charge on any atom is 0.379 e. The Labute approximate surface area is 142 Å². The number of esters is 2. The Morgan fingerprint density at radius 3 is 2.04 bits per heavy atom. The lowest BCUT2D eigenvalue weighted by Crippen LogP contribution is -2.12. The minimum atomic E-state index is -0.693. The topological polar surface area (TPSA) is 65.7 Å². The number of carbonyl (C=O) groups is 2. The van der Waals surface area contributed by atoms with Gasteiger partial charge in [-0.2, -0.15) is 0 Å². The zero-order valence-electron chi connectivity index (χ0n) is 12.3. The normalized spacial score (nSPS) is 10.2.